The van der Waals surface area contributed by atoms with E-state index >= 15 is 0 Å². The average molecular weight is 333 g/mol. The van der Waals surface area contributed by atoms with Gasteiger partial charge in [-0.3, -0.25) is 0 Å². The Morgan fingerprint density at radius 1 is 1.17 bits per heavy atom. The van der Waals surface area contributed by atoms with Gasteiger partial charge in [0.2, 0.25) is 0 Å². The summed E-state index contributed by atoms with van der Waals surface area (Å²) in [6.07, 6.45) is -0.302. The van der Waals surface area contributed by atoms with Crippen LogP contribution in [0.2, 0.25) is 5.02 Å². The van der Waals surface area contributed by atoms with Crippen LogP contribution in [-0.4, -0.2) is 17.9 Å². The molecule has 0 aliphatic heterocycles. The molecule has 0 saturated carbocycles. The van der Waals surface area contributed by atoms with Crippen LogP contribution in [0.3, 0.4) is 0 Å². The monoisotopic (exact) mass is 332 g/mol. The summed E-state index contributed by atoms with van der Waals surface area (Å²) in [6, 6.07) is 15.8. The highest BCUT2D eigenvalue weighted by atomic mass is 35.5. The lowest BCUT2D eigenvalue weighted by molar-refractivity contribution is -0.152. The van der Waals surface area contributed by atoms with E-state index in [0.29, 0.717) is 22.8 Å². The summed E-state index contributed by atoms with van der Waals surface area (Å²) in [5, 5.41) is 4.24. The van der Waals surface area contributed by atoms with Gasteiger partial charge in [0, 0.05) is 10.6 Å². The molecule has 0 bridgehead atoms. The van der Waals surface area contributed by atoms with Crippen LogP contribution in [0.4, 0.5) is 0 Å². The number of benzene rings is 2. The van der Waals surface area contributed by atoms with Gasteiger partial charge in [0.05, 0.1) is 0 Å². The van der Waals surface area contributed by atoms with Crippen molar-refractivity contribution in [3.63, 3.8) is 0 Å². The minimum Gasteiger partial charge on any atom is -0.479 e. The van der Waals surface area contributed by atoms with Crippen molar-refractivity contribution in [2.24, 2.45) is 10.9 Å². The van der Waals surface area contributed by atoms with Crippen LogP contribution >= 0.6 is 11.6 Å². The van der Waals surface area contributed by atoms with Gasteiger partial charge in [0.1, 0.15) is 5.75 Å². The van der Waals surface area contributed by atoms with Crippen molar-refractivity contribution < 1.29 is 14.4 Å². The zero-order valence-electron chi connectivity index (χ0n) is 12.6. The number of oxime groups is 1. The molecular weight excluding hydrogens is 316 g/mol. The Morgan fingerprint density at radius 3 is 2.43 bits per heavy atom. The summed E-state index contributed by atoms with van der Waals surface area (Å²) in [7, 11) is 0. The fourth-order valence-corrected chi connectivity index (χ4v) is 1.91. The molecule has 2 aromatic carbocycles. The second-order valence-electron chi connectivity index (χ2n) is 4.72. The van der Waals surface area contributed by atoms with E-state index in [1.807, 2.05) is 25.1 Å². The van der Waals surface area contributed by atoms with Crippen molar-refractivity contribution in [3.8, 4) is 5.75 Å². The maximum absolute atomic E-state index is 12.0. The smallest absolute Gasteiger partial charge is 0.375 e. The van der Waals surface area contributed by atoms with Gasteiger partial charge in [-0.2, -0.15) is 0 Å². The van der Waals surface area contributed by atoms with Gasteiger partial charge in [-0.1, -0.05) is 41.9 Å². The molecule has 0 aliphatic rings. The van der Waals surface area contributed by atoms with Gasteiger partial charge < -0.3 is 15.3 Å². The SMILES string of the molecule is CC[C@H](Oc1ccccc1)C(=O)O/N=C(/N)c1ccc(Cl)cc1. The number of halogens is 1. The summed E-state index contributed by atoms with van der Waals surface area (Å²) in [5.41, 5.74) is 6.39. The highest BCUT2D eigenvalue weighted by Gasteiger charge is 2.20. The summed E-state index contributed by atoms with van der Waals surface area (Å²) < 4.78 is 5.58. The molecular formula is C17H17ClN2O3. The molecule has 0 aliphatic carbocycles. The summed E-state index contributed by atoms with van der Waals surface area (Å²) in [4.78, 5) is 16.9. The molecule has 2 N–H and O–H groups in total. The fourth-order valence-electron chi connectivity index (χ4n) is 1.79. The number of hydrogen-bond donors (Lipinski definition) is 1. The van der Waals surface area contributed by atoms with Crippen LogP contribution in [0.1, 0.15) is 18.9 Å². The lowest BCUT2D eigenvalue weighted by atomic mass is 10.2. The van der Waals surface area contributed by atoms with Crippen LogP contribution < -0.4 is 10.5 Å². The number of nitrogens with zero attached hydrogens (tertiary/aromatic N) is 1. The first-order chi connectivity index (χ1) is 11.1. The molecule has 6 heteroatoms. The number of nitrogens with two attached hydrogens (primary N) is 1. The number of amidine groups is 1. The van der Waals surface area contributed by atoms with Crippen molar-refractivity contribution >= 4 is 23.4 Å². The quantitative estimate of drug-likeness (QED) is 0.381. The van der Waals surface area contributed by atoms with Crippen molar-refractivity contribution in [2.75, 3.05) is 0 Å². The predicted octanol–water partition coefficient (Wildman–Crippen LogP) is 3.36. The van der Waals surface area contributed by atoms with Gasteiger partial charge in [0.25, 0.3) is 0 Å². The Bertz CT molecular complexity index is 672. The van der Waals surface area contributed by atoms with Gasteiger partial charge in [-0.15, -0.1) is 0 Å². The number of rotatable bonds is 6. The molecule has 0 heterocycles. The minimum atomic E-state index is -0.751. The number of carbonyl (C=O) groups excluding carboxylic acids is 1. The van der Waals surface area contributed by atoms with Crippen LogP contribution in [0.25, 0.3) is 0 Å². The van der Waals surface area contributed by atoms with Crippen LogP contribution in [0, 0.1) is 0 Å². The number of ether oxygens (including phenoxy) is 1. The van der Waals surface area contributed by atoms with E-state index in [4.69, 9.17) is 26.9 Å². The molecule has 1 atom stereocenters. The Kier molecular flexibility index (Phi) is 6.00. The standard InChI is InChI=1S/C17H17ClN2O3/c1-2-15(22-14-6-4-3-5-7-14)17(21)23-20-16(19)12-8-10-13(18)11-9-12/h3-11,15H,2H2,1H3,(H2,19,20)/t15-/m0/s1. The second kappa shape index (κ2) is 8.19. The van der Waals surface area contributed by atoms with Gasteiger partial charge >= 0.3 is 5.97 Å². The second-order valence-corrected chi connectivity index (χ2v) is 5.16. The van der Waals surface area contributed by atoms with Crippen molar-refractivity contribution in [3.05, 3.63) is 65.2 Å². The van der Waals surface area contributed by atoms with Crippen LogP contribution in [0.15, 0.2) is 59.8 Å². The van der Waals surface area contributed by atoms with E-state index in [1.165, 1.54) is 0 Å². The maximum atomic E-state index is 12.0. The number of para-hydroxylation sites is 1. The molecule has 5 nitrogen and oxygen atoms in total. The van der Waals surface area contributed by atoms with Gasteiger partial charge in [-0.05, 0) is 42.8 Å². The van der Waals surface area contributed by atoms with Crippen molar-refractivity contribution in [1.29, 1.82) is 0 Å². The molecule has 0 unspecified atom stereocenters. The fraction of sp³-hybridized carbons (Fsp3) is 0.176. The minimum absolute atomic E-state index is 0.0876. The highest BCUT2D eigenvalue weighted by molar-refractivity contribution is 6.30. The van der Waals surface area contributed by atoms with Crippen LogP contribution in [0.5, 0.6) is 5.75 Å². The summed E-state index contributed by atoms with van der Waals surface area (Å²) >= 11 is 5.80. The third kappa shape index (κ3) is 5.00. The largest absolute Gasteiger partial charge is 0.479 e. The van der Waals surface area contributed by atoms with E-state index in [9.17, 15) is 4.79 Å². The third-order valence-electron chi connectivity index (χ3n) is 3.03. The normalized spacial score (nSPS) is 12.5. The van der Waals surface area contributed by atoms with E-state index in [2.05, 4.69) is 5.16 Å². The predicted molar refractivity (Wildman–Crippen MR) is 89.4 cm³/mol. The molecule has 0 saturated heterocycles. The molecule has 0 amide bonds. The zero-order chi connectivity index (χ0) is 16.7. The molecule has 23 heavy (non-hydrogen) atoms. The zero-order valence-corrected chi connectivity index (χ0v) is 13.4. The molecule has 2 aromatic rings. The Hall–Kier alpha value is -2.53. The molecule has 0 radical (unpaired) electrons. The van der Waals surface area contributed by atoms with Gasteiger partial charge in [0.15, 0.2) is 11.9 Å². The van der Waals surface area contributed by atoms with Crippen LogP contribution in [-0.2, 0) is 9.63 Å². The van der Waals surface area contributed by atoms with E-state index in [-0.39, 0.29) is 5.84 Å². The highest BCUT2D eigenvalue weighted by Crippen LogP contribution is 2.14. The molecule has 0 fully saturated rings. The van der Waals surface area contributed by atoms with Gasteiger partial charge in [-0.25, -0.2) is 4.79 Å². The summed E-state index contributed by atoms with van der Waals surface area (Å²) in [6.45, 7) is 1.82. The van der Waals surface area contributed by atoms with E-state index < -0.39 is 12.1 Å². The van der Waals surface area contributed by atoms with Crippen molar-refractivity contribution in [2.45, 2.75) is 19.4 Å². The Balaban J connectivity index is 1.98. The first-order valence-electron chi connectivity index (χ1n) is 7.12. The topological polar surface area (TPSA) is 73.9 Å². The first kappa shape index (κ1) is 16.8. The lowest BCUT2D eigenvalue weighted by Crippen LogP contribution is -2.28. The van der Waals surface area contributed by atoms with Crippen molar-refractivity contribution in [1.82, 2.24) is 0 Å². The Labute approximate surface area is 139 Å². The molecule has 120 valence electrons. The summed E-state index contributed by atoms with van der Waals surface area (Å²) in [5.74, 6) is 0.0730. The Morgan fingerprint density at radius 2 is 1.83 bits per heavy atom. The number of carbonyl (C=O) groups is 1. The molecule has 2 rings (SSSR count). The first-order valence-corrected chi connectivity index (χ1v) is 7.50. The average Bonchev–Trinajstić information content (AvgIpc) is 2.58. The van der Waals surface area contributed by atoms with E-state index in [1.54, 1.807) is 36.4 Å². The number of hydrogen-bond acceptors (Lipinski definition) is 4. The lowest BCUT2D eigenvalue weighted by Gasteiger charge is -2.14. The molecule has 0 spiro atoms. The van der Waals surface area contributed by atoms with E-state index in [0.717, 1.165) is 0 Å². The maximum Gasteiger partial charge on any atom is 0.375 e. The molecule has 0 aromatic heterocycles. The third-order valence-corrected chi connectivity index (χ3v) is 3.28.